The molecule has 0 bridgehead atoms. The van der Waals surface area contributed by atoms with Crippen LogP contribution < -0.4 is 15.7 Å². The van der Waals surface area contributed by atoms with Crippen LogP contribution in [0.2, 0.25) is 0 Å². The van der Waals surface area contributed by atoms with Gasteiger partial charge in [-0.2, -0.15) is 0 Å². The fraction of sp³-hybridized carbons (Fsp3) is 0.889. The normalized spacial score (nSPS) is 16.5. The van der Waals surface area contributed by atoms with Gasteiger partial charge in [-0.3, -0.25) is 4.79 Å². The molecule has 2 N–H and O–H groups in total. The minimum atomic E-state index is -0.916. The summed E-state index contributed by atoms with van der Waals surface area (Å²) in [6.07, 6.45) is -0.916. The van der Waals surface area contributed by atoms with E-state index < -0.39 is 12.3 Å². The summed E-state index contributed by atoms with van der Waals surface area (Å²) in [6.45, 7) is 8.85. The van der Waals surface area contributed by atoms with E-state index in [0.29, 0.717) is 0 Å². The monoisotopic (exact) mass is 187 g/mol. The van der Waals surface area contributed by atoms with Crippen molar-refractivity contribution in [1.82, 2.24) is 10.6 Å². The van der Waals surface area contributed by atoms with Crippen LogP contribution in [0.4, 0.5) is 0 Å². The largest absolute Gasteiger partial charge is 0.841 e. The van der Waals surface area contributed by atoms with Crippen LogP contribution in [0.5, 0.6) is 0 Å². The van der Waals surface area contributed by atoms with E-state index in [4.69, 9.17) is 0 Å². The van der Waals surface area contributed by atoms with E-state index in [1.807, 2.05) is 20.8 Å². The molecule has 78 valence electrons. The standard InChI is InChI=1S/C9H19N2O2/c1-6(10-7(2)12)8(13)11-9(3,4)5/h6-7,10H,1-5H3,(H,11,13)/q-1/t6-,7?/m1/s1. The lowest BCUT2D eigenvalue weighted by molar-refractivity contribution is -0.423. The molecule has 1 amide bonds. The summed E-state index contributed by atoms with van der Waals surface area (Å²) in [6, 6.07) is -0.438. The SMILES string of the molecule is CC([O-])N[C@H](C)C(=O)NC(C)(C)C. The van der Waals surface area contributed by atoms with Gasteiger partial charge in [-0.25, -0.2) is 0 Å². The van der Waals surface area contributed by atoms with Gasteiger partial charge in [0.05, 0.1) is 6.04 Å². The summed E-state index contributed by atoms with van der Waals surface area (Å²) in [4.78, 5) is 11.4. The van der Waals surface area contributed by atoms with Gasteiger partial charge in [-0.05, 0) is 27.7 Å². The molecule has 0 heterocycles. The first-order valence-corrected chi connectivity index (χ1v) is 4.46. The van der Waals surface area contributed by atoms with Crippen LogP contribution in [0, 0.1) is 0 Å². The topological polar surface area (TPSA) is 64.2 Å². The van der Waals surface area contributed by atoms with E-state index in [9.17, 15) is 9.90 Å². The van der Waals surface area contributed by atoms with Crippen molar-refractivity contribution in [3.05, 3.63) is 0 Å². The van der Waals surface area contributed by atoms with Crippen LogP contribution >= 0.6 is 0 Å². The highest BCUT2D eigenvalue weighted by atomic mass is 16.3. The van der Waals surface area contributed by atoms with Gasteiger partial charge in [0.1, 0.15) is 0 Å². The van der Waals surface area contributed by atoms with Gasteiger partial charge >= 0.3 is 0 Å². The Balaban J connectivity index is 3.97. The third kappa shape index (κ3) is 6.54. The smallest absolute Gasteiger partial charge is 0.237 e. The van der Waals surface area contributed by atoms with Gasteiger partial charge < -0.3 is 15.7 Å². The van der Waals surface area contributed by atoms with E-state index >= 15 is 0 Å². The maximum Gasteiger partial charge on any atom is 0.237 e. The van der Waals surface area contributed by atoms with Gasteiger partial charge in [0.25, 0.3) is 0 Å². The number of hydrogen-bond acceptors (Lipinski definition) is 3. The summed E-state index contributed by atoms with van der Waals surface area (Å²) in [5, 5.41) is 16.1. The summed E-state index contributed by atoms with van der Waals surface area (Å²) in [7, 11) is 0. The average Bonchev–Trinajstić information content (AvgIpc) is 1.81. The molecule has 0 aliphatic carbocycles. The highest BCUT2D eigenvalue weighted by Crippen LogP contribution is 1.99. The number of carbonyl (C=O) groups is 1. The molecule has 0 spiro atoms. The zero-order valence-electron chi connectivity index (χ0n) is 8.97. The van der Waals surface area contributed by atoms with Crippen LogP contribution in [0.25, 0.3) is 0 Å². The molecule has 0 saturated heterocycles. The molecule has 4 heteroatoms. The van der Waals surface area contributed by atoms with E-state index in [1.54, 1.807) is 6.92 Å². The van der Waals surface area contributed by atoms with Crippen LogP contribution in [-0.2, 0) is 4.79 Å². The number of nitrogens with one attached hydrogen (secondary N) is 2. The molecular weight excluding hydrogens is 168 g/mol. The lowest BCUT2D eigenvalue weighted by atomic mass is 10.1. The van der Waals surface area contributed by atoms with E-state index in [1.165, 1.54) is 6.92 Å². The van der Waals surface area contributed by atoms with Crippen LogP contribution in [0.3, 0.4) is 0 Å². The number of hydrogen-bond donors (Lipinski definition) is 2. The Bertz CT molecular complexity index is 173. The third-order valence-corrected chi connectivity index (χ3v) is 1.38. The zero-order valence-corrected chi connectivity index (χ0v) is 8.97. The van der Waals surface area contributed by atoms with Crippen molar-refractivity contribution in [1.29, 1.82) is 0 Å². The first-order valence-electron chi connectivity index (χ1n) is 4.46. The van der Waals surface area contributed by atoms with Crippen molar-refractivity contribution in [3.63, 3.8) is 0 Å². The van der Waals surface area contributed by atoms with Crippen LogP contribution in [-0.4, -0.2) is 23.7 Å². The Kier molecular flexibility index (Phi) is 4.36. The maximum absolute atomic E-state index is 11.4. The number of rotatable bonds is 3. The summed E-state index contributed by atoms with van der Waals surface area (Å²) in [5.41, 5.74) is -0.251. The van der Waals surface area contributed by atoms with Crippen molar-refractivity contribution in [2.24, 2.45) is 0 Å². The predicted molar refractivity (Wildman–Crippen MR) is 50.0 cm³/mol. The summed E-state index contributed by atoms with van der Waals surface area (Å²) >= 11 is 0. The lowest BCUT2D eigenvalue weighted by Crippen LogP contribution is -2.53. The Hall–Kier alpha value is -0.610. The van der Waals surface area contributed by atoms with Gasteiger partial charge in [-0.15, -0.1) is 0 Å². The van der Waals surface area contributed by atoms with Gasteiger partial charge in [0.15, 0.2) is 0 Å². The quantitative estimate of drug-likeness (QED) is 0.590. The van der Waals surface area contributed by atoms with Gasteiger partial charge in [-0.1, -0.05) is 13.2 Å². The molecule has 0 saturated carbocycles. The highest BCUT2D eigenvalue weighted by molar-refractivity contribution is 5.81. The summed E-state index contributed by atoms with van der Waals surface area (Å²) < 4.78 is 0. The zero-order chi connectivity index (χ0) is 10.6. The molecule has 0 aromatic rings. The van der Waals surface area contributed by atoms with Crippen molar-refractivity contribution < 1.29 is 9.90 Å². The van der Waals surface area contributed by atoms with Crippen LogP contribution in [0.15, 0.2) is 0 Å². The molecule has 0 aromatic carbocycles. The second kappa shape index (κ2) is 4.58. The number of amides is 1. The molecule has 0 aliphatic rings. The lowest BCUT2D eigenvalue weighted by Gasteiger charge is -2.27. The maximum atomic E-state index is 11.4. The third-order valence-electron chi connectivity index (χ3n) is 1.38. The molecule has 0 rings (SSSR count). The fourth-order valence-corrected chi connectivity index (χ4v) is 0.906. The van der Waals surface area contributed by atoms with Crippen molar-refractivity contribution in [2.75, 3.05) is 0 Å². The van der Waals surface area contributed by atoms with E-state index in [0.717, 1.165) is 0 Å². The average molecular weight is 187 g/mol. The summed E-state index contributed by atoms with van der Waals surface area (Å²) in [5.74, 6) is -0.143. The number of carbonyl (C=O) groups excluding carboxylic acids is 1. The molecular formula is C9H19N2O2-. The Morgan fingerprint density at radius 1 is 1.31 bits per heavy atom. The highest BCUT2D eigenvalue weighted by Gasteiger charge is 2.18. The molecule has 1 unspecified atom stereocenters. The van der Waals surface area contributed by atoms with E-state index in [-0.39, 0.29) is 11.4 Å². The van der Waals surface area contributed by atoms with Crippen molar-refractivity contribution in [2.45, 2.75) is 52.4 Å². The molecule has 0 fully saturated rings. The molecule has 0 aromatic heterocycles. The first-order chi connectivity index (χ1) is 5.72. The Labute approximate surface area is 79.7 Å². The molecule has 2 atom stereocenters. The second-order valence-electron chi connectivity index (χ2n) is 4.27. The van der Waals surface area contributed by atoms with Gasteiger partial charge in [0, 0.05) is 5.54 Å². The Morgan fingerprint density at radius 2 is 1.77 bits per heavy atom. The Morgan fingerprint density at radius 3 is 2.08 bits per heavy atom. The van der Waals surface area contributed by atoms with Crippen molar-refractivity contribution in [3.8, 4) is 0 Å². The van der Waals surface area contributed by atoms with Crippen molar-refractivity contribution >= 4 is 5.91 Å². The molecule has 4 nitrogen and oxygen atoms in total. The fourth-order valence-electron chi connectivity index (χ4n) is 0.906. The first kappa shape index (κ1) is 12.4. The molecule has 0 aliphatic heterocycles. The molecule has 13 heavy (non-hydrogen) atoms. The minimum absolute atomic E-state index is 0.143. The minimum Gasteiger partial charge on any atom is -0.841 e. The predicted octanol–water partition coefficient (Wildman–Crippen LogP) is -0.414. The van der Waals surface area contributed by atoms with E-state index in [2.05, 4.69) is 10.6 Å². The second-order valence-corrected chi connectivity index (χ2v) is 4.27. The van der Waals surface area contributed by atoms with Crippen LogP contribution in [0.1, 0.15) is 34.6 Å². The molecule has 0 radical (unpaired) electrons. The van der Waals surface area contributed by atoms with Gasteiger partial charge in [0.2, 0.25) is 5.91 Å².